The normalized spacial score (nSPS) is 24.1. The summed E-state index contributed by atoms with van der Waals surface area (Å²) in [6.07, 6.45) is 0. The van der Waals surface area contributed by atoms with Gasteiger partial charge >= 0.3 is 0 Å². The van der Waals surface area contributed by atoms with E-state index in [1.807, 2.05) is 17.0 Å². The van der Waals surface area contributed by atoms with E-state index in [4.69, 9.17) is 11.6 Å². The number of hydrogen-bond acceptors (Lipinski definition) is 1. The average Bonchev–Trinajstić information content (AvgIpc) is 2.62. The Morgan fingerprint density at radius 1 is 1.35 bits per heavy atom. The number of carbonyl (C=O) groups is 1. The molecule has 2 nitrogen and oxygen atoms in total. The van der Waals surface area contributed by atoms with Gasteiger partial charge in [0.25, 0.3) is 5.91 Å². The quantitative estimate of drug-likeness (QED) is 0.697. The number of benzene rings is 1. The van der Waals surface area contributed by atoms with Crippen molar-refractivity contribution in [2.75, 3.05) is 13.1 Å². The minimum absolute atomic E-state index is 0.105. The molecular formula is C13H15ClINO. The van der Waals surface area contributed by atoms with Crippen molar-refractivity contribution in [1.29, 1.82) is 0 Å². The molecule has 0 aliphatic carbocycles. The number of rotatable bonds is 1. The van der Waals surface area contributed by atoms with Crippen LogP contribution in [0.4, 0.5) is 0 Å². The topological polar surface area (TPSA) is 20.3 Å². The molecule has 0 aromatic heterocycles. The smallest absolute Gasteiger partial charge is 0.254 e. The Hall–Kier alpha value is -0.290. The summed E-state index contributed by atoms with van der Waals surface area (Å²) in [5, 5.41) is 0.619. The molecule has 1 heterocycles. The first-order chi connectivity index (χ1) is 7.99. The molecule has 0 bridgehead atoms. The van der Waals surface area contributed by atoms with Gasteiger partial charge in [-0.2, -0.15) is 0 Å². The van der Waals surface area contributed by atoms with Gasteiger partial charge in [-0.15, -0.1) is 0 Å². The van der Waals surface area contributed by atoms with Crippen LogP contribution in [0, 0.1) is 15.4 Å². The summed E-state index contributed by atoms with van der Waals surface area (Å²) < 4.78 is 0.962. The maximum absolute atomic E-state index is 12.4. The maximum Gasteiger partial charge on any atom is 0.254 e. The largest absolute Gasteiger partial charge is 0.338 e. The molecule has 4 heteroatoms. The summed E-state index contributed by atoms with van der Waals surface area (Å²) in [6, 6.07) is 5.47. The Labute approximate surface area is 120 Å². The Bertz CT molecular complexity index is 439. The molecule has 0 spiro atoms. The molecule has 1 amide bonds. The summed E-state index contributed by atoms with van der Waals surface area (Å²) in [6.45, 7) is 6.09. The third kappa shape index (κ3) is 2.76. The van der Waals surface area contributed by atoms with Crippen LogP contribution in [-0.2, 0) is 0 Å². The maximum atomic E-state index is 12.4. The van der Waals surface area contributed by atoms with Crippen molar-refractivity contribution in [1.82, 2.24) is 4.90 Å². The Morgan fingerprint density at radius 2 is 1.94 bits per heavy atom. The molecule has 0 N–H and O–H groups in total. The lowest BCUT2D eigenvalue weighted by atomic mass is 10.0. The first kappa shape index (κ1) is 13.1. The van der Waals surface area contributed by atoms with Gasteiger partial charge in [0, 0.05) is 21.7 Å². The highest BCUT2D eigenvalue weighted by molar-refractivity contribution is 14.1. The molecule has 92 valence electrons. The Balaban J connectivity index is 2.23. The third-order valence-electron chi connectivity index (χ3n) is 3.43. The van der Waals surface area contributed by atoms with E-state index < -0.39 is 0 Å². The molecule has 1 saturated heterocycles. The van der Waals surface area contributed by atoms with E-state index in [1.165, 1.54) is 0 Å². The van der Waals surface area contributed by atoms with Crippen LogP contribution in [0.25, 0.3) is 0 Å². The molecular weight excluding hydrogens is 349 g/mol. The lowest BCUT2D eigenvalue weighted by Gasteiger charge is -2.17. The van der Waals surface area contributed by atoms with Crippen molar-refractivity contribution < 1.29 is 4.79 Å². The van der Waals surface area contributed by atoms with Crippen molar-refractivity contribution in [3.05, 3.63) is 32.4 Å². The van der Waals surface area contributed by atoms with Crippen molar-refractivity contribution in [2.24, 2.45) is 11.8 Å². The highest BCUT2D eigenvalue weighted by Crippen LogP contribution is 2.26. The number of halogens is 2. The number of carbonyl (C=O) groups excluding carboxylic acids is 1. The third-order valence-corrected chi connectivity index (χ3v) is 4.61. The van der Waals surface area contributed by atoms with E-state index in [1.54, 1.807) is 6.07 Å². The zero-order valence-corrected chi connectivity index (χ0v) is 12.8. The van der Waals surface area contributed by atoms with E-state index in [-0.39, 0.29) is 5.91 Å². The van der Waals surface area contributed by atoms with Crippen molar-refractivity contribution in [3.8, 4) is 0 Å². The van der Waals surface area contributed by atoms with Gasteiger partial charge in [0.1, 0.15) is 0 Å². The van der Waals surface area contributed by atoms with Gasteiger partial charge in [-0.1, -0.05) is 25.4 Å². The van der Waals surface area contributed by atoms with Gasteiger partial charge < -0.3 is 4.90 Å². The minimum atomic E-state index is 0.105. The first-order valence-corrected chi connectivity index (χ1v) is 7.19. The second-order valence-corrected chi connectivity index (χ2v) is 6.39. The van der Waals surface area contributed by atoms with E-state index in [2.05, 4.69) is 36.4 Å². The summed E-state index contributed by atoms with van der Waals surface area (Å²) in [5.41, 5.74) is 0.722. The van der Waals surface area contributed by atoms with Gasteiger partial charge in [0.05, 0.1) is 5.56 Å². The minimum Gasteiger partial charge on any atom is -0.338 e. The second-order valence-electron chi connectivity index (χ2n) is 4.79. The lowest BCUT2D eigenvalue weighted by molar-refractivity contribution is 0.0784. The fraction of sp³-hybridized carbons (Fsp3) is 0.462. The van der Waals surface area contributed by atoms with E-state index >= 15 is 0 Å². The molecule has 2 unspecified atom stereocenters. The SMILES string of the molecule is CC1CN(C(=O)c2cc(Cl)ccc2I)CC1C. The van der Waals surface area contributed by atoms with Gasteiger partial charge in [0.2, 0.25) is 0 Å². The first-order valence-electron chi connectivity index (χ1n) is 5.73. The molecule has 1 fully saturated rings. The number of nitrogens with zero attached hydrogens (tertiary/aromatic N) is 1. The van der Waals surface area contributed by atoms with E-state index in [0.29, 0.717) is 16.9 Å². The summed E-state index contributed by atoms with van der Waals surface area (Å²) in [5.74, 6) is 1.26. The van der Waals surface area contributed by atoms with Crippen LogP contribution >= 0.6 is 34.2 Å². The average molecular weight is 364 g/mol. The highest BCUT2D eigenvalue weighted by Gasteiger charge is 2.30. The number of amides is 1. The van der Waals surface area contributed by atoms with Gasteiger partial charge in [-0.25, -0.2) is 0 Å². The van der Waals surface area contributed by atoms with Crippen LogP contribution in [0.2, 0.25) is 5.02 Å². The fourth-order valence-electron chi connectivity index (χ4n) is 2.13. The lowest BCUT2D eigenvalue weighted by Crippen LogP contribution is -2.29. The van der Waals surface area contributed by atoms with Gasteiger partial charge in [-0.05, 0) is 52.6 Å². The highest BCUT2D eigenvalue weighted by atomic mass is 127. The molecule has 1 aromatic carbocycles. The summed E-state index contributed by atoms with van der Waals surface area (Å²) in [7, 11) is 0. The molecule has 1 aromatic rings. The zero-order valence-electron chi connectivity index (χ0n) is 9.91. The summed E-state index contributed by atoms with van der Waals surface area (Å²) in [4.78, 5) is 14.3. The van der Waals surface area contributed by atoms with Crippen LogP contribution in [0.5, 0.6) is 0 Å². The predicted molar refractivity (Wildman–Crippen MR) is 78.4 cm³/mol. The molecule has 17 heavy (non-hydrogen) atoms. The predicted octanol–water partition coefficient (Wildman–Crippen LogP) is 3.67. The van der Waals surface area contributed by atoms with E-state index in [0.717, 1.165) is 22.2 Å². The van der Waals surface area contributed by atoms with Crippen molar-refractivity contribution in [2.45, 2.75) is 13.8 Å². The molecule has 2 atom stereocenters. The zero-order chi connectivity index (χ0) is 12.6. The standard InChI is InChI=1S/C13H15ClINO/c1-8-6-16(7-9(8)2)13(17)11-5-10(14)3-4-12(11)15/h3-5,8-9H,6-7H2,1-2H3. The monoisotopic (exact) mass is 363 g/mol. The molecule has 2 rings (SSSR count). The van der Waals surface area contributed by atoms with Gasteiger partial charge in [0.15, 0.2) is 0 Å². The van der Waals surface area contributed by atoms with Crippen molar-refractivity contribution >= 4 is 40.1 Å². The van der Waals surface area contributed by atoms with Crippen molar-refractivity contribution in [3.63, 3.8) is 0 Å². The van der Waals surface area contributed by atoms with Crippen LogP contribution in [-0.4, -0.2) is 23.9 Å². The van der Waals surface area contributed by atoms with Crippen LogP contribution < -0.4 is 0 Å². The van der Waals surface area contributed by atoms with E-state index in [9.17, 15) is 4.79 Å². The second kappa shape index (κ2) is 5.14. The molecule has 0 radical (unpaired) electrons. The number of hydrogen-bond donors (Lipinski definition) is 0. The molecule has 1 aliphatic rings. The van der Waals surface area contributed by atoms with Crippen LogP contribution in [0.1, 0.15) is 24.2 Å². The molecule has 0 saturated carbocycles. The van der Waals surface area contributed by atoms with Crippen LogP contribution in [0.15, 0.2) is 18.2 Å². The summed E-state index contributed by atoms with van der Waals surface area (Å²) >= 11 is 8.13. The van der Waals surface area contributed by atoms with Crippen LogP contribution in [0.3, 0.4) is 0 Å². The molecule has 1 aliphatic heterocycles. The number of likely N-dealkylation sites (tertiary alicyclic amines) is 1. The Kier molecular flexibility index (Phi) is 3.98. The van der Waals surface area contributed by atoms with Gasteiger partial charge in [-0.3, -0.25) is 4.79 Å². The Morgan fingerprint density at radius 3 is 2.53 bits per heavy atom. The fourth-order valence-corrected chi connectivity index (χ4v) is 2.87.